The van der Waals surface area contributed by atoms with Crippen LogP contribution in [-0.4, -0.2) is 12.8 Å². The van der Waals surface area contributed by atoms with E-state index >= 15 is 0 Å². The van der Waals surface area contributed by atoms with Gasteiger partial charge in [0.15, 0.2) is 0 Å². The van der Waals surface area contributed by atoms with Crippen molar-refractivity contribution in [1.82, 2.24) is 0 Å². The monoisotopic (exact) mass is 607 g/mol. The minimum Gasteiger partial charge on any atom is -0.288 e. The van der Waals surface area contributed by atoms with Crippen LogP contribution < -0.4 is 0 Å². The van der Waals surface area contributed by atoms with E-state index in [1.54, 1.807) is 12.3 Å². The van der Waals surface area contributed by atoms with Crippen molar-refractivity contribution in [3.05, 3.63) is 149 Å². The molecule has 0 aliphatic carbocycles. The Balaban J connectivity index is 0.000000386. The highest BCUT2D eigenvalue weighted by atomic mass is 32.2. The summed E-state index contributed by atoms with van der Waals surface area (Å²) in [6, 6.07) is 32.1. The SMILES string of the molecule is C=C(/C=C(/C)CN=CC(SF)=C(C)C)c1ccccc1C.C=CC.CC.CCc1ccc(-c2ccc3ccccc3c2)cc1. The zero-order valence-electron chi connectivity index (χ0n) is 28.0. The highest BCUT2D eigenvalue weighted by molar-refractivity contribution is 7.99. The van der Waals surface area contributed by atoms with E-state index in [9.17, 15) is 3.89 Å². The van der Waals surface area contributed by atoms with E-state index in [2.05, 4.69) is 111 Å². The van der Waals surface area contributed by atoms with Gasteiger partial charge < -0.3 is 0 Å². The van der Waals surface area contributed by atoms with Crippen LogP contribution >= 0.6 is 12.1 Å². The van der Waals surface area contributed by atoms with Gasteiger partial charge in [-0.1, -0.05) is 136 Å². The van der Waals surface area contributed by atoms with Crippen LogP contribution in [-0.2, 0) is 6.42 Å². The van der Waals surface area contributed by atoms with Crippen molar-refractivity contribution in [2.75, 3.05) is 6.54 Å². The summed E-state index contributed by atoms with van der Waals surface area (Å²) >= 11 is 0.236. The van der Waals surface area contributed by atoms with Gasteiger partial charge in [-0.25, -0.2) is 0 Å². The zero-order valence-corrected chi connectivity index (χ0v) is 28.8. The molecule has 0 aliphatic heterocycles. The minimum absolute atomic E-state index is 0.236. The van der Waals surface area contributed by atoms with Crippen molar-refractivity contribution in [1.29, 1.82) is 0 Å². The molecule has 0 heterocycles. The van der Waals surface area contributed by atoms with Crippen LogP contribution in [0.3, 0.4) is 0 Å². The molecule has 4 rings (SSSR count). The summed E-state index contributed by atoms with van der Waals surface area (Å²) in [5.41, 5.74) is 9.31. The van der Waals surface area contributed by atoms with Crippen LogP contribution in [0.4, 0.5) is 3.89 Å². The molecule has 0 bridgehead atoms. The van der Waals surface area contributed by atoms with Gasteiger partial charge in [-0.05, 0) is 91.3 Å². The molecule has 0 radical (unpaired) electrons. The number of halogens is 1. The predicted molar refractivity (Wildman–Crippen MR) is 200 cm³/mol. The quantitative estimate of drug-likeness (QED) is 0.110. The van der Waals surface area contributed by atoms with E-state index in [-0.39, 0.29) is 12.1 Å². The Bertz CT molecular complexity index is 1540. The molecule has 0 unspecified atom stereocenters. The fourth-order valence-electron chi connectivity index (χ4n) is 4.15. The van der Waals surface area contributed by atoms with Crippen molar-refractivity contribution < 1.29 is 3.89 Å². The van der Waals surface area contributed by atoms with Gasteiger partial charge in [0.2, 0.25) is 0 Å². The van der Waals surface area contributed by atoms with Crippen molar-refractivity contribution in [3.8, 4) is 11.1 Å². The molecular weight excluding hydrogens is 558 g/mol. The number of benzene rings is 4. The smallest absolute Gasteiger partial charge is 0.0827 e. The minimum atomic E-state index is 0.236. The first kappa shape index (κ1) is 38.1. The van der Waals surface area contributed by atoms with Crippen LogP contribution in [0.15, 0.2) is 137 Å². The molecule has 0 fully saturated rings. The van der Waals surface area contributed by atoms with Crippen LogP contribution in [0.2, 0.25) is 0 Å². The maximum absolute atomic E-state index is 12.6. The molecule has 0 saturated heterocycles. The van der Waals surface area contributed by atoms with E-state index in [1.807, 2.05) is 59.8 Å². The molecule has 0 aliphatic rings. The Kier molecular flexibility index (Phi) is 18.8. The summed E-state index contributed by atoms with van der Waals surface area (Å²) in [4.78, 5) is 4.85. The third kappa shape index (κ3) is 13.1. The normalized spacial score (nSPS) is 10.4. The fourth-order valence-corrected chi connectivity index (χ4v) is 4.42. The number of aryl methyl sites for hydroxylation is 2. The van der Waals surface area contributed by atoms with Gasteiger partial charge in [-0.15, -0.1) is 6.58 Å². The van der Waals surface area contributed by atoms with Gasteiger partial charge in [0, 0.05) is 6.21 Å². The Labute approximate surface area is 271 Å². The lowest BCUT2D eigenvalue weighted by Gasteiger charge is -2.06. The van der Waals surface area contributed by atoms with E-state index in [0.717, 1.165) is 28.7 Å². The summed E-state index contributed by atoms with van der Waals surface area (Å²) < 4.78 is 12.6. The van der Waals surface area contributed by atoms with E-state index < -0.39 is 0 Å². The maximum Gasteiger partial charge on any atom is 0.0827 e. The first-order valence-electron chi connectivity index (χ1n) is 15.3. The van der Waals surface area contributed by atoms with Gasteiger partial charge >= 0.3 is 0 Å². The lowest BCUT2D eigenvalue weighted by atomic mass is 10.00. The first-order valence-corrected chi connectivity index (χ1v) is 16.0. The average Bonchev–Trinajstić information content (AvgIpc) is 3.04. The van der Waals surface area contributed by atoms with E-state index in [1.165, 1.54) is 33.0 Å². The number of rotatable bonds is 8. The van der Waals surface area contributed by atoms with Gasteiger partial charge in [0.25, 0.3) is 0 Å². The van der Waals surface area contributed by atoms with Crippen molar-refractivity contribution in [2.45, 2.75) is 61.8 Å². The molecule has 1 nitrogen and oxygen atoms in total. The molecule has 4 aromatic carbocycles. The number of hydrogen-bond acceptors (Lipinski definition) is 2. The molecule has 0 aromatic heterocycles. The average molecular weight is 608 g/mol. The Hall–Kier alpha value is -3.95. The second-order valence-electron chi connectivity index (χ2n) is 10.3. The third-order valence-electron chi connectivity index (χ3n) is 6.48. The third-order valence-corrected chi connectivity index (χ3v) is 7.16. The second-order valence-corrected chi connectivity index (χ2v) is 10.9. The standard InChI is InChI=1S/C18H22FNS.C18H16.C3H6.C2H6/c1-13(2)18(21-19)12-20-11-14(3)10-16(5)17-9-7-6-8-15(17)4;1-2-14-7-9-16(10-8-14)18-12-11-15-5-3-4-6-17(15)13-18;1-3-2;1-2/h6-10,12H,5,11H2,1-4H3;3-13H,2H2,1H3;3H,1H2,2H3;1-2H3/b14-10-,20-12?;;;. The van der Waals surface area contributed by atoms with Crippen LogP contribution in [0.1, 0.15) is 65.2 Å². The van der Waals surface area contributed by atoms with E-state index in [4.69, 9.17) is 0 Å². The van der Waals surface area contributed by atoms with Gasteiger partial charge in [-0.3, -0.25) is 4.99 Å². The Morgan fingerprint density at radius 2 is 1.41 bits per heavy atom. The highest BCUT2D eigenvalue weighted by Crippen LogP contribution is 2.25. The van der Waals surface area contributed by atoms with Gasteiger partial charge in [0.1, 0.15) is 0 Å². The van der Waals surface area contributed by atoms with Gasteiger partial charge in [-0.2, -0.15) is 3.89 Å². The molecule has 0 spiro atoms. The number of nitrogens with zero attached hydrogens (tertiary/aromatic N) is 1. The second kappa shape index (κ2) is 21.7. The van der Waals surface area contributed by atoms with Crippen molar-refractivity contribution in [3.63, 3.8) is 0 Å². The number of fused-ring (bicyclic) bond motifs is 1. The fraction of sp³-hybridized carbons (Fsp3) is 0.244. The summed E-state index contributed by atoms with van der Waals surface area (Å²) in [5.74, 6) is 0. The molecule has 3 heteroatoms. The van der Waals surface area contributed by atoms with Crippen molar-refractivity contribution in [2.24, 2.45) is 4.99 Å². The van der Waals surface area contributed by atoms with E-state index in [0.29, 0.717) is 11.4 Å². The zero-order chi connectivity index (χ0) is 32.9. The molecule has 232 valence electrons. The molecule has 0 saturated carbocycles. The number of hydrogen-bond donors (Lipinski definition) is 0. The number of aliphatic imine (C=N–C) groups is 1. The predicted octanol–water partition coefficient (Wildman–Crippen LogP) is 13.2. The summed E-state index contributed by atoms with van der Waals surface area (Å²) in [6.45, 7) is 23.9. The molecular formula is C41H50FNS. The molecule has 0 atom stereocenters. The number of allylic oxidation sites excluding steroid dienone is 5. The summed E-state index contributed by atoms with van der Waals surface area (Å²) in [5, 5.41) is 2.60. The molecule has 0 N–H and O–H groups in total. The first-order chi connectivity index (χ1) is 21.2. The lowest BCUT2D eigenvalue weighted by Crippen LogP contribution is -1.90. The van der Waals surface area contributed by atoms with Crippen LogP contribution in [0.25, 0.3) is 27.5 Å². The van der Waals surface area contributed by atoms with Gasteiger partial charge in [0.05, 0.1) is 23.6 Å². The highest BCUT2D eigenvalue weighted by Gasteiger charge is 2.01. The largest absolute Gasteiger partial charge is 0.288 e. The molecule has 4 aromatic rings. The summed E-state index contributed by atoms with van der Waals surface area (Å²) in [7, 11) is 0. The lowest BCUT2D eigenvalue weighted by molar-refractivity contribution is 0.945. The summed E-state index contributed by atoms with van der Waals surface area (Å²) in [6.07, 6.45) is 6.47. The van der Waals surface area contributed by atoms with Crippen molar-refractivity contribution >= 4 is 34.7 Å². The Morgan fingerprint density at radius 3 is 1.98 bits per heavy atom. The molecule has 0 amide bonds. The Morgan fingerprint density at radius 1 is 0.841 bits per heavy atom. The van der Waals surface area contributed by atoms with Crippen LogP contribution in [0, 0.1) is 6.92 Å². The van der Waals surface area contributed by atoms with Crippen LogP contribution in [0.5, 0.6) is 0 Å². The molecule has 44 heavy (non-hydrogen) atoms. The maximum atomic E-state index is 12.6. The topological polar surface area (TPSA) is 12.4 Å².